The summed E-state index contributed by atoms with van der Waals surface area (Å²) in [5.74, 6) is 0.593. The molecular weight excluding hydrogens is 409 g/mol. The maximum absolute atomic E-state index is 12.5. The molecule has 160 valence electrons. The topological polar surface area (TPSA) is 46.5 Å². The zero-order valence-corrected chi connectivity index (χ0v) is 19.0. The molecule has 0 amide bonds. The highest BCUT2D eigenvalue weighted by molar-refractivity contribution is 6.37. The lowest BCUT2D eigenvalue weighted by Gasteiger charge is -2.16. The van der Waals surface area contributed by atoms with Gasteiger partial charge in [-0.2, -0.15) is 0 Å². The van der Waals surface area contributed by atoms with E-state index in [9.17, 15) is 4.79 Å². The van der Waals surface area contributed by atoms with Crippen LogP contribution in [0.4, 0.5) is 5.69 Å². The number of pyridine rings is 1. The summed E-state index contributed by atoms with van der Waals surface area (Å²) in [5.41, 5.74) is 1.41. The van der Waals surface area contributed by atoms with E-state index in [1.165, 1.54) is 6.07 Å². The molecule has 29 heavy (non-hydrogen) atoms. The number of halogens is 2. The number of nitrogens with one attached hydrogen (secondary N) is 1. The number of benzene rings is 1. The second kappa shape index (κ2) is 12.1. The molecule has 0 radical (unpaired) electrons. The van der Waals surface area contributed by atoms with Crippen molar-refractivity contribution in [3.8, 4) is 5.75 Å². The molecule has 0 bridgehead atoms. The Bertz CT molecular complexity index is 837. The van der Waals surface area contributed by atoms with Gasteiger partial charge in [0, 0.05) is 29.4 Å². The van der Waals surface area contributed by atoms with Crippen LogP contribution in [-0.2, 0) is 6.54 Å². The number of anilines is 1. The Kier molecular flexibility index (Phi) is 9.85. The van der Waals surface area contributed by atoms with Crippen molar-refractivity contribution in [2.75, 3.05) is 39.1 Å². The van der Waals surface area contributed by atoms with Crippen molar-refractivity contribution in [2.45, 2.75) is 39.2 Å². The lowest BCUT2D eigenvalue weighted by atomic mass is 10.2. The molecule has 2 aromatic rings. The van der Waals surface area contributed by atoms with Gasteiger partial charge in [-0.1, -0.05) is 43.0 Å². The molecule has 0 atom stereocenters. The fourth-order valence-corrected chi connectivity index (χ4v) is 3.48. The summed E-state index contributed by atoms with van der Waals surface area (Å²) < 4.78 is 7.24. The lowest BCUT2D eigenvalue weighted by molar-refractivity contribution is 0.305. The van der Waals surface area contributed by atoms with Gasteiger partial charge in [-0.05, 0) is 51.7 Å². The minimum absolute atomic E-state index is 0.144. The highest BCUT2D eigenvalue weighted by Crippen LogP contribution is 2.32. The van der Waals surface area contributed by atoms with E-state index in [2.05, 4.69) is 17.1 Å². The number of rotatable bonds is 12. The molecule has 0 aliphatic rings. The first kappa shape index (κ1) is 23.6. The van der Waals surface area contributed by atoms with Crippen LogP contribution in [0.1, 0.15) is 38.2 Å². The summed E-state index contributed by atoms with van der Waals surface area (Å²) in [6.07, 6.45) is 5.96. The van der Waals surface area contributed by atoms with E-state index in [0.29, 0.717) is 28.9 Å². The Morgan fingerprint density at radius 2 is 1.93 bits per heavy atom. The van der Waals surface area contributed by atoms with Crippen molar-refractivity contribution >= 4 is 28.9 Å². The van der Waals surface area contributed by atoms with E-state index in [1.54, 1.807) is 16.8 Å². The standard InChI is InChI=1S/C22H31Cl2N3O2/c1-4-5-6-14-29-17-10-13-27(21(28)15-17)16-18-19(23)8-9-20(22(18)24)25-11-7-12-26(2)3/h8-10,13,15,25H,4-7,11-12,14,16H2,1-3H3. The number of aromatic nitrogens is 1. The third-order valence-electron chi connectivity index (χ3n) is 4.60. The predicted octanol–water partition coefficient (Wildman–Crippen LogP) is 5.14. The van der Waals surface area contributed by atoms with E-state index in [0.717, 1.165) is 50.0 Å². The van der Waals surface area contributed by atoms with E-state index >= 15 is 0 Å². The molecule has 0 aliphatic carbocycles. The van der Waals surface area contributed by atoms with Gasteiger partial charge in [0.1, 0.15) is 5.75 Å². The van der Waals surface area contributed by atoms with Gasteiger partial charge in [0.25, 0.3) is 5.56 Å². The van der Waals surface area contributed by atoms with E-state index in [-0.39, 0.29) is 5.56 Å². The lowest BCUT2D eigenvalue weighted by Crippen LogP contribution is -2.20. The maximum Gasteiger partial charge on any atom is 0.254 e. The van der Waals surface area contributed by atoms with Crippen LogP contribution in [-0.4, -0.2) is 43.3 Å². The minimum Gasteiger partial charge on any atom is -0.493 e. The van der Waals surface area contributed by atoms with Gasteiger partial charge in [-0.25, -0.2) is 0 Å². The van der Waals surface area contributed by atoms with Crippen molar-refractivity contribution in [3.63, 3.8) is 0 Å². The second-order valence-corrected chi connectivity index (χ2v) is 8.14. The van der Waals surface area contributed by atoms with Crippen LogP contribution in [0.3, 0.4) is 0 Å². The Hall–Kier alpha value is -1.69. The Morgan fingerprint density at radius 1 is 1.14 bits per heavy atom. The molecule has 0 unspecified atom stereocenters. The van der Waals surface area contributed by atoms with Gasteiger partial charge < -0.3 is 19.5 Å². The molecule has 0 aliphatic heterocycles. The average molecular weight is 440 g/mol. The zero-order valence-electron chi connectivity index (χ0n) is 17.5. The monoisotopic (exact) mass is 439 g/mol. The van der Waals surface area contributed by atoms with Gasteiger partial charge in [0.15, 0.2) is 0 Å². The van der Waals surface area contributed by atoms with Crippen LogP contribution in [0, 0.1) is 0 Å². The summed E-state index contributed by atoms with van der Waals surface area (Å²) in [4.78, 5) is 14.6. The number of unbranched alkanes of at least 4 members (excludes halogenated alkanes) is 2. The quantitative estimate of drug-likeness (QED) is 0.465. The minimum atomic E-state index is -0.144. The first-order chi connectivity index (χ1) is 13.9. The fourth-order valence-electron chi connectivity index (χ4n) is 2.92. The second-order valence-electron chi connectivity index (χ2n) is 7.36. The van der Waals surface area contributed by atoms with E-state index in [4.69, 9.17) is 27.9 Å². The molecule has 0 saturated carbocycles. The molecular formula is C22H31Cl2N3O2. The van der Waals surface area contributed by atoms with Crippen LogP contribution in [0.15, 0.2) is 35.3 Å². The number of nitrogens with zero attached hydrogens (tertiary/aromatic N) is 2. The smallest absolute Gasteiger partial charge is 0.254 e. The molecule has 1 aromatic heterocycles. The van der Waals surface area contributed by atoms with Crippen molar-refractivity contribution in [3.05, 3.63) is 56.4 Å². The Labute approximate surface area is 183 Å². The average Bonchev–Trinajstić information content (AvgIpc) is 2.68. The number of hydrogen-bond acceptors (Lipinski definition) is 4. The summed E-state index contributed by atoms with van der Waals surface area (Å²) in [6, 6.07) is 7.00. The molecule has 7 heteroatoms. The van der Waals surface area contributed by atoms with Gasteiger partial charge in [-0.15, -0.1) is 0 Å². The third-order valence-corrected chi connectivity index (χ3v) is 5.38. The SMILES string of the molecule is CCCCCOc1ccn(Cc2c(Cl)ccc(NCCCN(C)C)c2Cl)c(=O)c1. The molecule has 2 rings (SSSR count). The molecule has 0 spiro atoms. The highest BCUT2D eigenvalue weighted by Gasteiger charge is 2.12. The van der Waals surface area contributed by atoms with Gasteiger partial charge in [-0.3, -0.25) is 4.79 Å². The summed E-state index contributed by atoms with van der Waals surface area (Å²) in [5, 5.41) is 4.45. The normalized spacial score (nSPS) is 11.1. The molecule has 1 aromatic carbocycles. The molecule has 1 heterocycles. The molecule has 1 N–H and O–H groups in total. The van der Waals surface area contributed by atoms with E-state index in [1.807, 2.05) is 26.2 Å². The van der Waals surface area contributed by atoms with Crippen LogP contribution < -0.4 is 15.6 Å². The van der Waals surface area contributed by atoms with Crippen LogP contribution in [0.25, 0.3) is 0 Å². The highest BCUT2D eigenvalue weighted by atomic mass is 35.5. The van der Waals surface area contributed by atoms with Crippen molar-refractivity contribution in [1.82, 2.24) is 9.47 Å². The number of hydrogen-bond donors (Lipinski definition) is 1. The van der Waals surface area contributed by atoms with Gasteiger partial charge in [0.2, 0.25) is 0 Å². The fraction of sp³-hybridized carbons (Fsp3) is 0.500. The van der Waals surface area contributed by atoms with Gasteiger partial charge >= 0.3 is 0 Å². The zero-order chi connectivity index (χ0) is 21.2. The maximum atomic E-state index is 12.5. The van der Waals surface area contributed by atoms with Gasteiger partial charge in [0.05, 0.1) is 23.9 Å². The summed E-state index contributed by atoms with van der Waals surface area (Å²) in [6.45, 7) is 4.87. The molecule has 0 fully saturated rings. The van der Waals surface area contributed by atoms with Crippen LogP contribution in [0.5, 0.6) is 5.75 Å². The third kappa shape index (κ3) is 7.57. The van der Waals surface area contributed by atoms with Crippen molar-refractivity contribution < 1.29 is 4.74 Å². The first-order valence-corrected chi connectivity index (χ1v) is 10.9. The predicted molar refractivity (Wildman–Crippen MR) is 123 cm³/mol. The Morgan fingerprint density at radius 3 is 2.62 bits per heavy atom. The Balaban J connectivity index is 2.06. The summed E-state index contributed by atoms with van der Waals surface area (Å²) in [7, 11) is 4.10. The van der Waals surface area contributed by atoms with Crippen molar-refractivity contribution in [2.24, 2.45) is 0 Å². The molecule has 5 nitrogen and oxygen atoms in total. The largest absolute Gasteiger partial charge is 0.493 e. The van der Waals surface area contributed by atoms with E-state index < -0.39 is 0 Å². The van der Waals surface area contributed by atoms with Crippen LogP contribution >= 0.6 is 23.2 Å². The van der Waals surface area contributed by atoms with Crippen LogP contribution in [0.2, 0.25) is 10.0 Å². The number of ether oxygens (including phenoxy) is 1. The molecule has 0 saturated heterocycles. The summed E-state index contributed by atoms with van der Waals surface area (Å²) >= 11 is 13.0. The first-order valence-electron chi connectivity index (χ1n) is 10.1. The van der Waals surface area contributed by atoms with Crippen molar-refractivity contribution in [1.29, 1.82) is 0 Å².